The summed E-state index contributed by atoms with van der Waals surface area (Å²) in [6, 6.07) is 22.4. The van der Waals surface area contributed by atoms with Gasteiger partial charge in [-0.2, -0.15) is 0 Å². The number of amides is 2. The van der Waals surface area contributed by atoms with Crippen LogP contribution in [0.15, 0.2) is 83.9 Å². The average molecular weight is 414 g/mol. The van der Waals surface area contributed by atoms with Gasteiger partial charge in [0.15, 0.2) is 0 Å². The van der Waals surface area contributed by atoms with E-state index in [2.05, 4.69) is 15.6 Å². The Morgan fingerprint density at radius 3 is 2.39 bits per heavy atom. The molecule has 0 radical (unpaired) electrons. The van der Waals surface area contributed by atoms with E-state index < -0.39 is 22.9 Å². The molecule has 3 aromatic rings. The second-order valence-corrected chi connectivity index (χ2v) is 6.95. The van der Waals surface area contributed by atoms with Gasteiger partial charge in [-0.3, -0.25) is 19.7 Å². The molecule has 3 aromatic carbocycles. The van der Waals surface area contributed by atoms with Crippen molar-refractivity contribution in [2.75, 3.05) is 5.32 Å². The summed E-state index contributed by atoms with van der Waals surface area (Å²) in [6.45, 7) is 0. The summed E-state index contributed by atoms with van der Waals surface area (Å²) < 4.78 is 0. The van der Waals surface area contributed by atoms with Crippen molar-refractivity contribution in [3.8, 4) is 0 Å². The van der Waals surface area contributed by atoms with Crippen molar-refractivity contribution in [3.05, 3.63) is 106 Å². The maximum absolute atomic E-state index is 12.8. The molecule has 0 aliphatic carbocycles. The lowest BCUT2D eigenvalue weighted by molar-refractivity contribution is -0.384. The lowest BCUT2D eigenvalue weighted by atomic mass is 10.0. The molecule has 8 nitrogen and oxygen atoms in total. The summed E-state index contributed by atoms with van der Waals surface area (Å²) in [4.78, 5) is 40.2. The molecule has 154 valence electrons. The van der Waals surface area contributed by atoms with Crippen molar-refractivity contribution in [1.29, 1.82) is 0 Å². The predicted molar refractivity (Wildman–Crippen MR) is 116 cm³/mol. The number of nitro groups is 1. The third-order valence-electron chi connectivity index (χ3n) is 4.80. The number of non-ortho nitro benzene ring substituents is 1. The summed E-state index contributed by atoms with van der Waals surface area (Å²) in [6.07, 6.45) is -1.15. The molecule has 0 spiro atoms. The first-order valence-corrected chi connectivity index (χ1v) is 9.57. The lowest BCUT2D eigenvalue weighted by Crippen LogP contribution is -2.43. The molecule has 1 aliphatic heterocycles. The zero-order valence-electron chi connectivity index (χ0n) is 16.3. The van der Waals surface area contributed by atoms with Gasteiger partial charge in [0.05, 0.1) is 22.7 Å². The van der Waals surface area contributed by atoms with Crippen LogP contribution in [-0.4, -0.2) is 28.6 Å². The second-order valence-electron chi connectivity index (χ2n) is 6.95. The van der Waals surface area contributed by atoms with Crippen LogP contribution in [-0.2, 0) is 16.0 Å². The first-order valence-electron chi connectivity index (χ1n) is 9.57. The highest BCUT2D eigenvalue weighted by atomic mass is 16.6. The predicted octanol–water partition coefficient (Wildman–Crippen LogP) is 3.07. The smallest absolute Gasteiger partial charge is 0.269 e. The van der Waals surface area contributed by atoms with Crippen LogP contribution in [0.2, 0.25) is 0 Å². The number of anilines is 1. The number of nitrogens with one attached hydrogen (secondary N) is 2. The van der Waals surface area contributed by atoms with Gasteiger partial charge in [0, 0.05) is 23.3 Å². The number of benzene rings is 3. The highest BCUT2D eigenvalue weighted by Crippen LogP contribution is 2.23. The van der Waals surface area contributed by atoms with E-state index in [0.717, 1.165) is 11.1 Å². The van der Waals surface area contributed by atoms with Gasteiger partial charge in [-0.15, -0.1) is 0 Å². The van der Waals surface area contributed by atoms with Gasteiger partial charge in [0.25, 0.3) is 11.6 Å². The monoisotopic (exact) mass is 414 g/mol. The molecule has 0 saturated heterocycles. The Labute approximate surface area is 177 Å². The lowest BCUT2D eigenvalue weighted by Gasteiger charge is -2.13. The standard InChI is InChI=1S/C23H18N4O4/c28-20(14-15-10-12-17(13-11-15)27(30)31)25-22-23(29)24-19-9-5-4-8-18(19)21(26-22)16-6-2-1-3-7-16/h1-13,22H,14H2,(H,24,29)(H,25,28). The number of rotatable bonds is 5. The Morgan fingerprint density at radius 1 is 1.00 bits per heavy atom. The van der Waals surface area contributed by atoms with Crippen LogP contribution in [0.4, 0.5) is 11.4 Å². The highest BCUT2D eigenvalue weighted by Gasteiger charge is 2.27. The van der Waals surface area contributed by atoms with Gasteiger partial charge in [-0.1, -0.05) is 60.7 Å². The van der Waals surface area contributed by atoms with Crippen molar-refractivity contribution in [2.45, 2.75) is 12.6 Å². The van der Waals surface area contributed by atoms with Crippen LogP contribution in [0.1, 0.15) is 16.7 Å². The summed E-state index contributed by atoms with van der Waals surface area (Å²) in [5, 5.41) is 16.2. The molecule has 1 heterocycles. The Kier molecular flexibility index (Phi) is 5.53. The van der Waals surface area contributed by atoms with E-state index in [1.807, 2.05) is 48.5 Å². The molecule has 0 aromatic heterocycles. The molecular formula is C23H18N4O4. The fourth-order valence-electron chi connectivity index (χ4n) is 3.31. The van der Waals surface area contributed by atoms with Crippen molar-refractivity contribution in [1.82, 2.24) is 5.32 Å². The topological polar surface area (TPSA) is 114 Å². The molecule has 4 rings (SSSR count). The number of para-hydroxylation sites is 1. The molecule has 0 saturated carbocycles. The van der Waals surface area contributed by atoms with Crippen LogP contribution in [0.3, 0.4) is 0 Å². The van der Waals surface area contributed by atoms with Gasteiger partial charge < -0.3 is 10.6 Å². The fourth-order valence-corrected chi connectivity index (χ4v) is 3.31. The van der Waals surface area contributed by atoms with E-state index in [0.29, 0.717) is 17.0 Å². The normalized spacial score (nSPS) is 15.2. The number of carbonyl (C=O) groups is 2. The molecule has 31 heavy (non-hydrogen) atoms. The molecule has 2 N–H and O–H groups in total. The first-order chi connectivity index (χ1) is 15.0. The Morgan fingerprint density at radius 2 is 1.68 bits per heavy atom. The van der Waals surface area contributed by atoms with E-state index in [1.54, 1.807) is 6.07 Å². The van der Waals surface area contributed by atoms with E-state index in [-0.39, 0.29) is 12.1 Å². The minimum absolute atomic E-state index is 0.0368. The number of benzodiazepines with no additional fused rings is 1. The van der Waals surface area contributed by atoms with Crippen LogP contribution in [0.5, 0.6) is 0 Å². The van der Waals surface area contributed by atoms with Gasteiger partial charge in [0.1, 0.15) is 0 Å². The SMILES string of the molecule is O=C(Cc1ccc([N+](=O)[O-])cc1)NC1N=C(c2ccccc2)c2ccccc2NC1=O. The van der Waals surface area contributed by atoms with Crippen molar-refractivity contribution in [2.24, 2.45) is 4.99 Å². The van der Waals surface area contributed by atoms with Crippen molar-refractivity contribution in [3.63, 3.8) is 0 Å². The van der Waals surface area contributed by atoms with Gasteiger partial charge in [-0.25, -0.2) is 4.99 Å². The zero-order valence-corrected chi connectivity index (χ0v) is 16.3. The van der Waals surface area contributed by atoms with Crippen LogP contribution in [0, 0.1) is 10.1 Å². The molecule has 0 fully saturated rings. The molecule has 0 bridgehead atoms. The van der Waals surface area contributed by atoms with E-state index in [1.165, 1.54) is 24.3 Å². The molecule has 8 heteroatoms. The fraction of sp³-hybridized carbons (Fsp3) is 0.0870. The summed E-state index contributed by atoms with van der Waals surface area (Å²) in [5.74, 6) is -0.869. The Bertz CT molecular complexity index is 1170. The van der Waals surface area contributed by atoms with Crippen molar-refractivity contribution < 1.29 is 14.5 Å². The van der Waals surface area contributed by atoms with Gasteiger partial charge >= 0.3 is 0 Å². The molecule has 1 unspecified atom stereocenters. The number of fused-ring (bicyclic) bond motifs is 1. The molecule has 1 aliphatic rings. The molecular weight excluding hydrogens is 396 g/mol. The third-order valence-corrected chi connectivity index (χ3v) is 4.80. The van der Waals surface area contributed by atoms with Crippen LogP contribution in [0.25, 0.3) is 0 Å². The minimum Gasteiger partial charge on any atom is -0.326 e. The second kappa shape index (κ2) is 8.58. The largest absolute Gasteiger partial charge is 0.326 e. The van der Waals surface area contributed by atoms with Gasteiger partial charge in [0.2, 0.25) is 12.1 Å². The quantitative estimate of drug-likeness (QED) is 0.493. The maximum Gasteiger partial charge on any atom is 0.269 e. The van der Waals surface area contributed by atoms with Crippen LogP contribution < -0.4 is 10.6 Å². The average Bonchev–Trinajstić information content (AvgIpc) is 2.91. The summed E-state index contributed by atoms with van der Waals surface area (Å²) in [7, 11) is 0. The van der Waals surface area contributed by atoms with E-state index >= 15 is 0 Å². The van der Waals surface area contributed by atoms with Gasteiger partial charge in [-0.05, 0) is 11.6 Å². The Balaban J connectivity index is 1.59. The van der Waals surface area contributed by atoms with Crippen molar-refractivity contribution >= 4 is 28.9 Å². The number of hydrogen-bond acceptors (Lipinski definition) is 5. The minimum atomic E-state index is -1.12. The molecule has 2 amide bonds. The number of nitro benzene ring substituents is 1. The number of nitrogens with zero attached hydrogens (tertiary/aromatic N) is 2. The summed E-state index contributed by atoms with van der Waals surface area (Å²) in [5.41, 5.74) is 3.32. The highest BCUT2D eigenvalue weighted by molar-refractivity contribution is 6.19. The maximum atomic E-state index is 12.8. The van der Waals surface area contributed by atoms with E-state index in [4.69, 9.17) is 0 Å². The number of hydrogen-bond donors (Lipinski definition) is 2. The first kappa shape index (κ1) is 20.0. The van der Waals surface area contributed by atoms with Crippen LogP contribution >= 0.6 is 0 Å². The van der Waals surface area contributed by atoms with E-state index in [9.17, 15) is 19.7 Å². The third kappa shape index (κ3) is 4.48. The zero-order chi connectivity index (χ0) is 21.8. The Hall–Kier alpha value is -4.33. The summed E-state index contributed by atoms with van der Waals surface area (Å²) >= 11 is 0. The molecule has 1 atom stereocenters. The number of carbonyl (C=O) groups excluding carboxylic acids is 2. The number of aliphatic imine (C=N–C) groups is 1.